The molecule has 0 fully saturated rings. The van der Waals surface area contributed by atoms with Gasteiger partial charge in [0.1, 0.15) is 29.8 Å². The number of nitriles is 1. The largest absolute Gasteiger partial charge is 0.456 e. The molecule has 216 valence electrons. The molecule has 7 heteroatoms. The topological polar surface area (TPSA) is 70.7 Å². The average Bonchev–Trinajstić information content (AvgIpc) is 3.39. The summed E-state index contributed by atoms with van der Waals surface area (Å²) in [6.07, 6.45) is 3.06. The first-order valence-electron chi connectivity index (χ1n) is 14.2. The monoisotopic (exact) mass is 563 g/mol. The van der Waals surface area contributed by atoms with Gasteiger partial charge in [-0.25, -0.2) is 4.72 Å². The van der Waals surface area contributed by atoms with Crippen LogP contribution in [0.1, 0.15) is 80.4 Å². The van der Waals surface area contributed by atoms with E-state index in [-0.39, 0.29) is 16.9 Å². The van der Waals surface area contributed by atoms with Gasteiger partial charge in [0.2, 0.25) is 5.76 Å². The van der Waals surface area contributed by atoms with Crippen molar-refractivity contribution < 1.29 is 13.3 Å². The molecule has 0 atom stereocenters. The van der Waals surface area contributed by atoms with Crippen LogP contribution in [-0.4, -0.2) is 30.8 Å². The summed E-state index contributed by atoms with van der Waals surface area (Å²) >= 11 is 1.06. The predicted octanol–water partition coefficient (Wildman–Crippen LogP) is 9.13. The summed E-state index contributed by atoms with van der Waals surface area (Å²) in [5.74, 6) is 1.56. The molecule has 0 bridgehead atoms. The van der Waals surface area contributed by atoms with Crippen LogP contribution in [0.3, 0.4) is 0 Å². The second kappa shape index (κ2) is 14.1. The zero-order chi connectivity index (χ0) is 29.3. The Labute approximate surface area is 245 Å². The average molecular weight is 564 g/mol. The minimum atomic E-state index is -0.233. The Morgan fingerprint density at radius 3 is 2.30 bits per heavy atom. The van der Waals surface area contributed by atoms with Gasteiger partial charge in [-0.1, -0.05) is 32.0 Å². The molecule has 0 radical (unpaired) electrons. The van der Waals surface area contributed by atoms with Crippen LogP contribution < -0.4 is 9.62 Å². The maximum atomic E-state index is 9.75. The lowest BCUT2D eigenvalue weighted by atomic mass is 10.0. The number of fused-ring (bicyclic) bond motifs is 1. The van der Waals surface area contributed by atoms with Crippen LogP contribution in [-0.2, 0) is 8.92 Å². The Kier molecular flexibility index (Phi) is 11.2. The number of hydrogen-bond donors (Lipinski definition) is 1. The van der Waals surface area contributed by atoms with E-state index in [1.165, 1.54) is 16.5 Å². The summed E-state index contributed by atoms with van der Waals surface area (Å²) in [4.78, 5) is 2.45. The normalized spacial score (nSPS) is 12.8. The first kappa shape index (κ1) is 31.6. The van der Waals surface area contributed by atoms with Crippen molar-refractivity contribution in [1.29, 1.82) is 5.26 Å². The third-order valence-corrected chi connectivity index (χ3v) is 7.47. The van der Waals surface area contributed by atoms with Gasteiger partial charge >= 0.3 is 0 Å². The summed E-state index contributed by atoms with van der Waals surface area (Å²) in [5, 5.41) is 12.1. The van der Waals surface area contributed by atoms with Crippen molar-refractivity contribution in [3.8, 4) is 17.4 Å². The highest BCUT2D eigenvalue weighted by Gasteiger charge is 2.21. The lowest BCUT2D eigenvalue weighted by Crippen LogP contribution is -2.36. The number of nitrogens with zero attached hydrogens (tertiary/aromatic N) is 2. The van der Waals surface area contributed by atoms with Crippen LogP contribution >= 0.6 is 12.2 Å². The van der Waals surface area contributed by atoms with Crippen molar-refractivity contribution in [1.82, 2.24) is 4.72 Å². The Hall–Kier alpha value is -2.92. The van der Waals surface area contributed by atoms with Crippen molar-refractivity contribution in [3.05, 3.63) is 60.1 Å². The molecule has 1 aromatic heterocycles. The van der Waals surface area contributed by atoms with E-state index in [0.29, 0.717) is 17.9 Å². The van der Waals surface area contributed by atoms with Gasteiger partial charge in [-0.2, -0.15) is 5.26 Å². The molecule has 40 heavy (non-hydrogen) atoms. The van der Waals surface area contributed by atoms with Gasteiger partial charge in [-0.15, -0.1) is 0 Å². The molecule has 2 aromatic carbocycles. The second-order valence-electron chi connectivity index (χ2n) is 11.8. The smallest absolute Gasteiger partial charge is 0.222 e. The van der Waals surface area contributed by atoms with E-state index in [2.05, 4.69) is 79.8 Å². The molecule has 6 nitrogen and oxygen atoms in total. The molecule has 1 N–H and O–H groups in total. The molecular formula is C33H45N3O3S. The number of benzene rings is 2. The number of allylic oxidation sites excluding steroid dienone is 2. The van der Waals surface area contributed by atoms with E-state index >= 15 is 0 Å². The van der Waals surface area contributed by atoms with Crippen molar-refractivity contribution in [2.75, 3.05) is 24.6 Å². The van der Waals surface area contributed by atoms with Gasteiger partial charge in [0.15, 0.2) is 0 Å². The van der Waals surface area contributed by atoms with Gasteiger partial charge in [-0.3, -0.25) is 0 Å². The maximum Gasteiger partial charge on any atom is 0.222 e. The highest BCUT2D eigenvalue weighted by molar-refractivity contribution is 7.92. The van der Waals surface area contributed by atoms with E-state index in [4.69, 9.17) is 13.3 Å². The molecule has 0 aliphatic heterocycles. The van der Waals surface area contributed by atoms with Gasteiger partial charge < -0.3 is 18.2 Å². The van der Waals surface area contributed by atoms with Crippen molar-refractivity contribution in [3.63, 3.8) is 0 Å². The van der Waals surface area contributed by atoms with E-state index < -0.39 is 0 Å². The van der Waals surface area contributed by atoms with Gasteiger partial charge in [-0.05, 0) is 102 Å². The number of ether oxygens (including phenoxy) is 1. The standard InChI is InChI=1S/C33H45N3O3S/c1-9-18-36(19-10-2)28-14-13-25-21-27(12-11-26(25)22-28)30-16-15-29(38-30)24(3)31(23-34)39-40-35-33(7,8)17-20-37-32(4,5)6/h11-16,21-22,35H,9-10,17-20H2,1-8H3/b31-24+. The molecule has 3 rings (SSSR count). The number of anilines is 1. The quantitative estimate of drug-likeness (QED) is 0.0907. The SMILES string of the molecule is CCCN(CCC)c1ccc2cc(-c3ccc(/C(C)=C(\C#N)OSNC(C)(C)CCOC(C)(C)C)o3)ccc2c1. The second-order valence-corrected chi connectivity index (χ2v) is 12.4. The zero-order valence-electron chi connectivity index (χ0n) is 25.4. The highest BCUT2D eigenvalue weighted by Crippen LogP contribution is 2.32. The molecule has 0 unspecified atom stereocenters. The Balaban J connectivity index is 1.69. The fourth-order valence-corrected chi connectivity index (χ4v) is 4.92. The molecule has 0 aliphatic rings. The zero-order valence-corrected chi connectivity index (χ0v) is 26.2. The van der Waals surface area contributed by atoms with E-state index in [9.17, 15) is 5.26 Å². The molecule has 0 saturated heterocycles. The summed E-state index contributed by atoms with van der Waals surface area (Å²) in [7, 11) is 0. The molecule has 1 heterocycles. The van der Waals surface area contributed by atoms with Gasteiger partial charge in [0, 0.05) is 42.1 Å². The molecule has 0 aliphatic carbocycles. The fourth-order valence-electron chi connectivity index (χ4n) is 4.30. The number of hydrogen-bond acceptors (Lipinski definition) is 7. The summed E-state index contributed by atoms with van der Waals surface area (Å²) < 4.78 is 21.0. The van der Waals surface area contributed by atoms with Crippen LogP contribution in [0.5, 0.6) is 0 Å². The first-order valence-corrected chi connectivity index (χ1v) is 15.0. The van der Waals surface area contributed by atoms with E-state index in [1.807, 2.05) is 39.8 Å². The van der Waals surface area contributed by atoms with Crippen molar-refractivity contribution >= 4 is 34.3 Å². The summed E-state index contributed by atoms with van der Waals surface area (Å²) in [6.45, 7) is 19.3. The van der Waals surface area contributed by atoms with E-state index in [1.54, 1.807) is 0 Å². The van der Waals surface area contributed by atoms with Crippen molar-refractivity contribution in [2.45, 2.75) is 85.8 Å². The Bertz CT molecular complexity index is 1320. The summed E-state index contributed by atoms with van der Waals surface area (Å²) in [6, 6.07) is 19.0. The number of furan rings is 1. The Morgan fingerprint density at radius 1 is 0.975 bits per heavy atom. The lowest BCUT2D eigenvalue weighted by molar-refractivity contribution is -0.0101. The highest BCUT2D eigenvalue weighted by atomic mass is 32.2. The third-order valence-electron chi connectivity index (χ3n) is 6.58. The van der Waals surface area contributed by atoms with Crippen LogP contribution in [0, 0.1) is 11.3 Å². The minimum absolute atomic E-state index is 0.170. The van der Waals surface area contributed by atoms with Gasteiger partial charge in [0.05, 0.1) is 5.60 Å². The molecule has 3 aromatic rings. The Morgan fingerprint density at radius 2 is 1.65 bits per heavy atom. The number of rotatable bonds is 14. The molecular weight excluding hydrogens is 518 g/mol. The predicted molar refractivity (Wildman–Crippen MR) is 169 cm³/mol. The van der Waals surface area contributed by atoms with Crippen LogP contribution in [0.15, 0.2) is 58.7 Å². The van der Waals surface area contributed by atoms with Crippen LogP contribution in [0.25, 0.3) is 27.7 Å². The van der Waals surface area contributed by atoms with Crippen molar-refractivity contribution in [2.24, 2.45) is 0 Å². The third kappa shape index (κ3) is 9.05. The van der Waals surface area contributed by atoms with E-state index in [0.717, 1.165) is 55.9 Å². The maximum absolute atomic E-state index is 9.75. The molecule has 0 amide bonds. The first-order chi connectivity index (χ1) is 19.0. The molecule has 0 spiro atoms. The summed E-state index contributed by atoms with van der Waals surface area (Å²) in [5.41, 5.74) is 2.50. The number of nitrogens with one attached hydrogen (secondary N) is 1. The minimum Gasteiger partial charge on any atom is -0.456 e. The lowest BCUT2D eigenvalue weighted by Gasteiger charge is -2.27. The fraction of sp³-hybridized carbons (Fsp3) is 0.485. The van der Waals surface area contributed by atoms with Crippen LogP contribution in [0.2, 0.25) is 0 Å². The molecule has 0 saturated carbocycles. The van der Waals surface area contributed by atoms with Gasteiger partial charge in [0.25, 0.3) is 0 Å². The van der Waals surface area contributed by atoms with Crippen LogP contribution in [0.4, 0.5) is 5.69 Å².